The van der Waals surface area contributed by atoms with Gasteiger partial charge < -0.3 is 24.6 Å². The lowest BCUT2D eigenvalue weighted by atomic mass is 9.43. The predicted molar refractivity (Wildman–Crippen MR) is 141 cm³/mol. The van der Waals surface area contributed by atoms with E-state index in [1.54, 1.807) is 6.08 Å². The Bertz CT molecular complexity index is 964. The van der Waals surface area contributed by atoms with E-state index in [-0.39, 0.29) is 34.9 Å². The van der Waals surface area contributed by atoms with Gasteiger partial charge in [0, 0.05) is 37.2 Å². The number of cyclic esters (lactones) is 1. The molecule has 0 bridgehead atoms. The average Bonchev–Trinajstić information content (AvgIpc) is 3.44. The van der Waals surface area contributed by atoms with E-state index in [2.05, 4.69) is 24.1 Å². The van der Waals surface area contributed by atoms with Crippen molar-refractivity contribution >= 4 is 12.1 Å². The van der Waals surface area contributed by atoms with Crippen LogP contribution in [0.25, 0.3) is 0 Å². The molecule has 0 aromatic rings. The Hall–Kier alpha value is -1.64. The molecule has 2 aliphatic heterocycles. The molecule has 38 heavy (non-hydrogen) atoms. The number of hydrogen-bond donors (Lipinski definition) is 2. The fourth-order valence-corrected chi connectivity index (χ4v) is 9.84. The number of rotatable bonds is 5. The zero-order valence-electron chi connectivity index (χ0n) is 23.2. The summed E-state index contributed by atoms with van der Waals surface area (Å²) in [6.45, 7) is 9.62. The first-order valence-corrected chi connectivity index (χ1v) is 15.1. The number of morpholine rings is 1. The molecule has 8 heteroatoms. The van der Waals surface area contributed by atoms with Crippen LogP contribution in [0.5, 0.6) is 0 Å². The first-order valence-electron chi connectivity index (χ1n) is 15.1. The van der Waals surface area contributed by atoms with Crippen LogP contribution in [0.3, 0.4) is 0 Å². The van der Waals surface area contributed by atoms with Crippen LogP contribution in [0.4, 0.5) is 4.79 Å². The molecule has 8 atom stereocenters. The number of fused-ring (bicyclic) bond motifs is 5. The number of hydrogen-bond acceptors (Lipinski definition) is 7. The Morgan fingerprint density at radius 1 is 1.11 bits per heavy atom. The van der Waals surface area contributed by atoms with E-state index in [1.807, 2.05) is 0 Å². The second-order valence-corrected chi connectivity index (χ2v) is 13.5. The average molecular weight is 531 g/mol. The Morgan fingerprint density at radius 2 is 1.92 bits per heavy atom. The van der Waals surface area contributed by atoms with Crippen molar-refractivity contribution in [1.29, 1.82) is 0 Å². The highest BCUT2D eigenvalue weighted by Crippen LogP contribution is 2.69. The van der Waals surface area contributed by atoms with Crippen LogP contribution in [0.15, 0.2) is 11.6 Å². The molecule has 0 radical (unpaired) electrons. The molecule has 4 aliphatic carbocycles. The summed E-state index contributed by atoms with van der Waals surface area (Å²) in [5, 5.41) is 15.5. The van der Waals surface area contributed by atoms with Crippen molar-refractivity contribution in [2.45, 2.75) is 83.3 Å². The summed E-state index contributed by atoms with van der Waals surface area (Å²) >= 11 is 0. The zero-order valence-corrected chi connectivity index (χ0v) is 23.2. The molecule has 2 N–H and O–H groups in total. The largest absolute Gasteiger partial charge is 0.458 e. The molecule has 212 valence electrons. The van der Waals surface area contributed by atoms with Crippen molar-refractivity contribution in [1.82, 2.24) is 10.2 Å². The number of nitrogens with zero attached hydrogens (tertiary/aromatic N) is 1. The molecule has 1 amide bonds. The normalized spacial score (nSPS) is 44.9. The topological polar surface area (TPSA) is 97.3 Å². The summed E-state index contributed by atoms with van der Waals surface area (Å²) in [4.78, 5) is 26.6. The summed E-state index contributed by atoms with van der Waals surface area (Å²) < 4.78 is 16.2. The molecule has 8 nitrogen and oxygen atoms in total. The van der Waals surface area contributed by atoms with E-state index in [9.17, 15) is 14.7 Å². The van der Waals surface area contributed by atoms with Crippen molar-refractivity contribution in [3.05, 3.63) is 11.6 Å². The second-order valence-electron chi connectivity index (χ2n) is 13.5. The lowest BCUT2D eigenvalue weighted by molar-refractivity contribution is -0.204. The molecular weight excluding hydrogens is 484 g/mol. The number of carbonyl (C=O) groups is 2. The lowest BCUT2D eigenvalue weighted by Crippen LogP contribution is -2.62. The third kappa shape index (κ3) is 4.39. The third-order valence-corrected chi connectivity index (χ3v) is 12.1. The van der Waals surface area contributed by atoms with Crippen LogP contribution in [-0.4, -0.2) is 79.8 Å². The molecule has 0 aromatic heterocycles. The molecule has 2 heterocycles. The zero-order chi connectivity index (χ0) is 26.5. The Labute approximate surface area is 226 Å². The first-order chi connectivity index (χ1) is 18.2. The number of aliphatic hydroxyl groups is 1. The highest BCUT2D eigenvalue weighted by atomic mass is 16.5. The monoisotopic (exact) mass is 530 g/mol. The van der Waals surface area contributed by atoms with Crippen LogP contribution < -0.4 is 5.32 Å². The van der Waals surface area contributed by atoms with Crippen LogP contribution >= 0.6 is 0 Å². The Kier molecular flexibility index (Phi) is 7.05. The molecule has 0 unspecified atom stereocenters. The van der Waals surface area contributed by atoms with Gasteiger partial charge in [0.2, 0.25) is 0 Å². The van der Waals surface area contributed by atoms with Crippen molar-refractivity contribution in [3.63, 3.8) is 0 Å². The maximum Gasteiger partial charge on any atom is 0.407 e. The van der Waals surface area contributed by atoms with E-state index in [4.69, 9.17) is 14.2 Å². The van der Waals surface area contributed by atoms with Gasteiger partial charge in [-0.1, -0.05) is 13.8 Å². The summed E-state index contributed by atoms with van der Waals surface area (Å²) in [7, 11) is 0. The van der Waals surface area contributed by atoms with Gasteiger partial charge in [-0.2, -0.15) is 0 Å². The molecule has 4 saturated carbocycles. The van der Waals surface area contributed by atoms with Gasteiger partial charge in [-0.15, -0.1) is 0 Å². The number of nitrogens with one attached hydrogen (secondary N) is 1. The van der Waals surface area contributed by atoms with Crippen molar-refractivity contribution in [2.75, 3.05) is 46.1 Å². The van der Waals surface area contributed by atoms with Crippen molar-refractivity contribution in [2.24, 2.45) is 34.5 Å². The standard InChI is InChI=1S/C30H46N2O6/c1-28-8-5-22(31-27(34)37-16-13-32-11-14-36-15-12-32)18-21(28)3-4-25-24(28)6-9-29(2)23(7-10-30(25,29)35)20-17-26(33)38-19-20/h17,21-25,35H,3-16,18-19H2,1-2H3,(H,31,34)/t21-,22+,23-,24+,25-,28+,29-,30+/m1/s1. The summed E-state index contributed by atoms with van der Waals surface area (Å²) in [6, 6.07) is 0.167. The van der Waals surface area contributed by atoms with E-state index >= 15 is 0 Å². The Balaban J connectivity index is 1.06. The molecule has 6 aliphatic rings. The minimum atomic E-state index is -0.680. The molecule has 5 fully saturated rings. The van der Waals surface area contributed by atoms with E-state index in [0.717, 1.165) is 96.2 Å². The number of alkyl carbamates (subject to hydrolysis) is 1. The van der Waals surface area contributed by atoms with Crippen LogP contribution in [-0.2, 0) is 19.0 Å². The molecular formula is C30H46N2O6. The first kappa shape index (κ1) is 26.6. The smallest absolute Gasteiger partial charge is 0.407 e. The van der Waals surface area contributed by atoms with Crippen molar-refractivity contribution in [3.8, 4) is 0 Å². The van der Waals surface area contributed by atoms with E-state index < -0.39 is 5.60 Å². The van der Waals surface area contributed by atoms with E-state index in [0.29, 0.717) is 31.0 Å². The van der Waals surface area contributed by atoms with Crippen LogP contribution in [0.2, 0.25) is 0 Å². The minimum absolute atomic E-state index is 0.167. The minimum Gasteiger partial charge on any atom is -0.458 e. The number of ether oxygens (including phenoxy) is 3. The van der Waals surface area contributed by atoms with Gasteiger partial charge in [0.1, 0.15) is 13.2 Å². The SMILES string of the molecule is C[C@]12CC[C@H](NC(=O)OCCN3CCOCC3)C[C@H]1CC[C@@H]1[C@@H]2CC[C@]2(C)[C@@H](C3=CC(=O)OC3)CC[C@]12O. The van der Waals surface area contributed by atoms with E-state index in [1.165, 1.54) is 0 Å². The summed E-state index contributed by atoms with van der Waals surface area (Å²) in [6.07, 6.45) is 10.5. The summed E-state index contributed by atoms with van der Waals surface area (Å²) in [5.41, 5.74) is 0.416. The third-order valence-electron chi connectivity index (χ3n) is 12.1. The quantitative estimate of drug-likeness (QED) is 0.524. The maximum absolute atomic E-state index is 12.5. The van der Waals surface area contributed by atoms with Gasteiger partial charge in [0.15, 0.2) is 0 Å². The molecule has 0 spiro atoms. The van der Waals surface area contributed by atoms with Crippen LogP contribution in [0, 0.1) is 34.5 Å². The van der Waals surface area contributed by atoms with Gasteiger partial charge in [-0.3, -0.25) is 4.90 Å². The van der Waals surface area contributed by atoms with Crippen LogP contribution in [0.1, 0.15) is 71.6 Å². The molecule has 0 aromatic carbocycles. The highest BCUT2D eigenvalue weighted by molar-refractivity contribution is 5.85. The Morgan fingerprint density at radius 3 is 2.68 bits per heavy atom. The van der Waals surface area contributed by atoms with Gasteiger partial charge in [-0.05, 0) is 92.4 Å². The van der Waals surface area contributed by atoms with Gasteiger partial charge in [0.05, 0.1) is 18.8 Å². The highest BCUT2D eigenvalue weighted by Gasteiger charge is 2.67. The van der Waals surface area contributed by atoms with Gasteiger partial charge in [-0.25, -0.2) is 9.59 Å². The number of esters is 1. The lowest BCUT2D eigenvalue weighted by Gasteiger charge is -2.63. The van der Waals surface area contributed by atoms with Gasteiger partial charge >= 0.3 is 12.1 Å². The fraction of sp³-hybridized carbons (Fsp3) is 0.867. The molecule has 6 rings (SSSR count). The fourth-order valence-electron chi connectivity index (χ4n) is 9.84. The second kappa shape index (κ2) is 10.1. The predicted octanol–water partition coefficient (Wildman–Crippen LogP) is 3.67. The maximum atomic E-state index is 12.5. The number of carbonyl (C=O) groups excluding carboxylic acids is 2. The van der Waals surface area contributed by atoms with Gasteiger partial charge in [0.25, 0.3) is 0 Å². The van der Waals surface area contributed by atoms with Crippen molar-refractivity contribution < 1.29 is 28.9 Å². The molecule has 1 saturated heterocycles. The number of amides is 1. The summed E-state index contributed by atoms with van der Waals surface area (Å²) in [5.74, 6) is 1.38.